The summed E-state index contributed by atoms with van der Waals surface area (Å²) in [4.78, 5) is 16.7. The Morgan fingerprint density at radius 2 is 2.12 bits per heavy atom. The van der Waals surface area contributed by atoms with Crippen molar-refractivity contribution in [3.05, 3.63) is 64.3 Å². The summed E-state index contributed by atoms with van der Waals surface area (Å²) < 4.78 is 27.7. The number of anilines is 1. The summed E-state index contributed by atoms with van der Waals surface area (Å²) in [6.07, 6.45) is 5.25. The lowest BCUT2D eigenvalue weighted by molar-refractivity contribution is -0.139. The number of benzene rings is 1. The third-order valence-corrected chi connectivity index (χ3v) is 6.44. The first-order valence-corrected chi connectivity index (χ1v) is 11.4. The Balaban J connectivity index is 1.68. The highest BCUT2D eigenvalue weighted by atomic mass is 32.2. The largest absolute Gasteiger partial charge is 0.482 e. The zero-order chi connectivity index (χ0) is 22.8. The molecule has 0 saturated carbocycles. The minimum Gasteiger partial charge on any atom is -0.482 e. The molecule has 0 radical (unpaired) electrons. The number of hydrogen-bond donors (Lipinski definition) is 2. The molecule has 0 amide bonds. The Morgan fingerprint density at radius 1 is 1.31 bits per heavy atom. The molecule has 0 bridgehead atoms. The van der Waals surface area contributed by atoms with Gasteiger partial charge in [-0.05, 0) is 38.1 Å². The molecule has 1 aromatic carbocycles. The summed E-state index contributed by atoms with van der Waals surface area (Å²) in [6.45, 7) is 3.45. The second-order valence-corrected chi connectivity index (χ2v) is 9.05. The summed E-state index contributed by atoms with van der Waals surface area (Å²) in [7, 11) is -2.27. The zero-order valence-corrected chi connectivity index (χ0v) is 18.8. The third kappa shape index (κ3) is 4.50. The van der Waals surface area contributed by atoms with E-state index in [-0.39, 0.29) is 6.42 Å². The van der Waals surface area contributed by atoms with Gasteiger partial charge in [-0.2, -0.15) is 8.42 Å². The molecule has 2 heterocycles. The van der Waals surface area contributed by atoms with E-state index in [1.54, 1.807) is 46.7 Å². The molecular formula is C20H19N5O5S2. The fraction of sp³-hybridized carbons (Fsp3) is 0.200. The number of hydrazone groups is 1. The number of nitrogens with zero attached hydrogens (tertiary/aromatic N) is 4. The van der Waals surface area contributed by atoms with Gasteiger partial charge in [-0.15, -0.1) is 15.3 Å². The van der Waals surface area contributed by atoms with Crippen molar-refractivity contribution in [3.8, 4) is 5.75 Å². The van der Waals surface area contributed by atoms with Crippen molar-refractivity contribution in [1.82, 2.24) is 15.5 Å². The minimum absolute atomic E-state index is 0.256. The van der Waals surface area contributed by atoms with Crippen molar-refractivity contribution in [2.75, 3.05) is 11.7 Å². The molecule has 2 aliphatic rings. The molecule has 0 unspecified atom stereocenters. The highest BCUT2D eigenvalue weighted by molar-refractivity contribution is 7.73. The number of amidine groups is 1. The molecule has 4 rings (SSSR count). The van der Waals surface area contributed by atoms with Gasteiger partial charge in [0, 0.05) is 16.9 Å². The van der Waals surface area contributed by atoms with Gasteiger partial charge < -0.3 is 9.84 Å². The van der Waals surface area contributed by atoms with E-state index in [1.807, 2.05) is 19.9 Å². The van der Waals surface area contributed by atoms with Crippen molar-refractivity contribution in [2.45, 2.75) is 20.3 Å². The number of nitrogens with one attached hydrogen (secondary N) is 1. The molecule has 0 saturated heterocycles. The smallest absolute Gasteiger partial charge is 0.341 e. The van der Waals surface area contributed by atoms with E-state index >= 15 is 0 Å². The molecule has 1 aliphatic carbocycles. The Morgan fingerprint density at radius 3 is 2.75 bits per heavy atom. The van der Waals surface area contributed by atoms with Crippen molar-refractivity contribution in [3.63, 3.8) is 0 Å². The molecule has 32 heavy (non-hydrogen) atoms. The number of ether oxygens (including phenoxy) is 1. The van der Waals surface area contributed by atoms with E-state index in [9.17, 15) is 13.2 Å². The number of allylic oxidation sites excluding steroid dienone is 3. The normalized spacial score (nSPS) is 15.4. The quantitative estimate of drug-likeness (QED) is 0.606. The van der Waals surface area contributed by atoms with Crippen LogP contribution in [0.2, 0.25) is 0 Å². The van der Waals surface area contributed by atoms with E-state index in [0.717, 1.165) is 10.6 Å². The van der Waals surface area contributed by atoms with Crippen LogP contribution in [0.5, 0.6) is 5.75 Å². The van der Waals surface area contributed by atoms with E-state index in [4.69, 9.17) is 9.84 Å². The number of carboxylic acids is 1. The second kappa shape index (κ2) is 8.85. The van der Waals surface area contributed by atoms with E-state index in [1.165, 1.54) is 11.3 Å². The van der Waals surface area contributed by atoms with Crippen molar-refractivity contribution in [2.24, 2.45) is 5.10 Å². The van der Waals surface area contributed by atoms with Gasteiger partial charge in [-0.25, -0.2) is 9.78 Å². The van der Waals surface area contributed by atoms with Crippen LogP contribution in [0.25, 0.3) is 0 Å². The first kappa shape index (κ1) is 21.6. The number of aryl methyl sites for hydroxylation is 2. The number of aromatic nitrogens is 1. The van der Waals surface area contributed by atoms with Gasteiger partial charge in [0.05, 0.1) is 16.3 Å². The maximum atomic E-state index is 11.2. The Bertz CT molecular complexity index is 1280. The molecule has 2 aromatic rings. The second-order valence-electron chi connectivity index (χ2n) is 6.88. The van der Waals surface area contributed by atoms with Gasteiger partial charge >= 0.3 is 5.97 Å². The maximum absolute atomic E-state index is 11.2. The standard InChI is InChI=1S/C20H19N5O5S2/c1-12-13(2)31-20(21-12)25-23-19(14-4-3-5-16(10-14)30-11-18(26)27)22-24(25)15-6-8-17(9-7-15)32(28)29/h3-8,10H,9,11H2,1-2H3,(H,22,23)(H,26,27). The van der Waals surface area contributed by atoms with Crippen LogP contribution in [0.15, 0.2) is 53.3 Å². The number of hydrogen-bond acceptors (Lipinski definition) is 10. The highest BCUT2D eigenvalue weighted by Gasteiger charge is 2.30. The average Bonchev–Trinajstić information content (AvgIpc) is 3.36. The van der Waals surface area contributed by atoms with E-state index in [2.05, 4.69) is 15.5 Å². The maximum Gasteiger partial charge on any atom is 0.341 e. The minimum atomic E-state index is -2.27. The summed E-state index contributed by atoms with van der Waals surface area (Å²) in [5.74, 6) is -0.174. The van der Waals surface area contributed by atoms with Gasteiger partial charge in [0.15, 0.2) is 12.4 Å². The van der Waals surface area contributed by atoms with Crippen molar-refractivity contribution < 1.29 is 23.1 Å². The molecule has 0 spiro atoms. The summed E-state index contributed by atoms with van der Waals surface area (Å²) >= 11 is 1.49. The lowest BCUT2D eigenvalue weighted by Gasteiger charge is -2.26. The lowest BCUT2D eigenvalue weighted by Crippen LogP contribution is -2.44. The van der Waals surface area contributed by atoms with Crippen molar-refractivity contribution in [1.29, 1.82) is 0 Å². The molecule has 10 nitrogen and oxygen atoms in total. The molecule has 0 atom stereocenters. The summed E-state index contributed by atoms with van der Waals surface area (Å²) in [5.41, 5.74) is 5.47. The first-order valence-electron chi connectivity index (χ1n) is 9.49. The topological polar surface area (TPSA) is 124 Å². The number of rotatable bonds is 6. The molecule has 166 valence electrons. The summed E-state index contributed by atoms with van der Waals surface area (Å²) in [6, 6.07) is 6.91. The van der Waals surface area contributed by atoms with Gasteiger partial charge in [0.1, 0.15) is 5.75 Å². The van der Waals surface area contributed by atoms with Crippen LogP contribution >= 0.6 is 11.3 Å². The predicted molar refractivity (Wildman–Crippen MR) is 121 cm³/mol. The van der Waals surface area contributed by atoms with Gasteiger partial charge in [0.2, 0.25) is 15.4 Å². The molecule has 1 aliphatic heterocycles. The van der Waals surface area contributed by atoms with Crippen LogP contribution in [0.4, 0.5) is 5.13 Å². The number of carboxylic acid groups (broad SMARTS) is 1. The fourth-order valence-corrected chi connectivity index (χ4v) is 4.21. The van der Waals surface area contributed by atoms with Crippen LogP contribution in [0.3, 0.4) is 0 Å². The predicted octanol–water partition coefficient (Wildman–Crippen LogP) is 2.02. The van der Waals surface area contributed by atoms with E-state index in [0.29, 0.717) is 32.8 Å². The zero-order valence-electron chi connectivity index (χ0n) is 17.1. The van der Waals surface area contributed by atoms with Crippen LogP contribution in [0.1, 0.15) is 22.6 Å². The van der Waals surface area contributed by atoms with E-state index < -0.39 is 22.9 Å². The average molecular weight is 474 g/mol. The number of aliphatic carboxylic acids is 1. The fourth-order valence-electron chi connectivity index (χ4n) is 2.95. The van der Waals surface area contributed by atoms with Crippen LogP contribution in [-0.2, 0) is 15.1 Å². The molecular weight excluding hydrogens is 454 g/mol. The molecule has 0 fully saturated rings. The lowest BCUT2D eigenvalue weighted by atomic mass is 10.1. The van der Waals surface area contributed by atoms with Gasteiger partial charge in [-0.3, -0.25) is 5.43 Å². The Kier molecular flexibility index (Phi) is 5.97. The number of thiazole rings is 1. The number of carbonyl (C=O) groups is 1. The van der Waals surface area contributed by atoms with Crippen LogP contribution in [0, 0.1) is 13.8 Å². The van der Waals surface area contributed by atoms with Crippen molar-refractivity contribution >= 4 is 43.4 Å². The molecule has 1 aromatic heterocycles. The SMILES string of the molecule is Cc1nc(N2NC(c3cccc(OCC(=O)O)c3)=NN2C2=CCC(=S(=O)=O)C=C2)sc1C. The molecule has 2 N–H and O–H groups in total. The third-order valence-electron chi connectivity index (χ3n) is 4.66. The Hall–Kier alpha value is -3.64. The van der Waals surface area contributed by atoms with Crippen LogP contribution < -0.4 is 15.3 Å². The monoisotopic (exact) mass is 473 g/mol. The summed E-state index contributed by atoms with van der Waals surface area (Å²) in [5, 5.41) is 17.5. The van der Waals surface area contributed by atoms with Gasteiger partial charge in [0.25, 0.3) is 0 Å². The van der Waals surface area contributed by atoms with Gasteiger partial charge in [-0.1, -0.05) is 29.5 Å². The number of hydrazine groups is 2. The first-order chi connectivity index (χ1) is 15.3. The van der Waals surface area contributed by atoms with Crippen LogP contribution in [-0.4, -0.2) is 46.9 Å². The molecule has 12 heteroatoms. The highest BCUT2D eigenvalue weighted by Crippen LogP contribution is 2.30. The Labute approximate surface area is 189 Å².